The lowest BCUT2D eigenvalue weighted by Gasteiger charge is -2.21. The van der Waals surface area contributed by atoms with Crippen molar-refractivity contribution in [3.05, 3.63) is 33.8 Å². The summed E-state index contributed by atoms with van der Waals surface area (Å²) in [6.45, 7) is 4.56. The normalized spacial score (nSPS) is 13.6. The molecule has 1 aromatic rings. The summed E-state index contributed by atoms with van der Waals surface area (Å²) in [6, 6.07) is 7.12. The molecule has 19 heavy (non-hydrogen) atoms. The van der Waals surface area contributed by atoms with Crippen LogP contribution in [0.2, 0.25) is 0 Å². The molecule has 2 unspecified atom stereocenters. The van der Waals surface area contributed by atoms with E-state index in [0.29, 0.717) is 12.1 Å². The average molecular weight is 324 g/mol. The van der Waals surface area contributed by atoms with E-state index >= 15 is 0 Å². The minimum Gasteiger partial charge on any atom is -0.368 e. The highest BCUT2D eigenvalue weighted by Crippen LogP contribution is 2.19. The fourth-order valence-corrected chi connectivity index (χ4v) is 2.32. The number of nitrogens with two attached hydrogens (primary N) is 1. The Morgan fingerprint density at radius 2 is 2.26 bits per heavy atom. The molecule has 0 radical (unpaired) electrons. The number of rotatable bonds is 6. The van der Waals surface area contributed by atoms with Gasteiger partial charge in [-0.1, -0.05) is 42.3 Å². The Kier molecular flexibility index (Phi) is 6.00. The summed E-state index contributed by atoms with van der Waals surface area (Å²) in [5.41, 5.74) is 7.00. The Morgan fingerprint density at radius 3 is 2.74 bits per heavy atom. The molecule has 5 heteroatoms. The molecule has 102 valence electrons. The van der Waals surface area contributed by atoms with Gasteiger partial charge >= 0.3 is 0 Å². The van der Waals surface area contributed by atoms with Crippen LogP contribution in [-0.4, -0.2) is 11.9 Å². The van der Waals surface area contributed by atoms with Gasteiger partial charge < -0.3 is 11.1 Å². The number of carbonyl (C=O) groups excluding carboxylic acids is 1. The summed E-state index contributed by atoms with van der Waals surface area (Å²) in [7, 11) is 0. The standard InChI is InChI=1S/C14H18BrN3O/c1-3-9(2)13(14(17)19)18-8-11-5-4-10(7-16)6-12(11)15/h4-6,9,13,18H,3,8H2,1-2H3,(H2,17,19). The third-order valence-electron chi connectivity index (χ3n) is 3.21. The van der Waals surface area contributed by atoms with Gasteiger partial charge in [0.25, 0.3) is 0 Å². The van der Waals surface area contributed by atoms with Gasteiger partial charge in [-0.15, -0.1) is 0 Å². The largest absolute Gasteiger partial charge is 0.368 e. The fourth-order valence-electron chi connectivity index (χ4n) is 1.80. The molecule has 0 bridgehead atoms. The number of nitriles is 1. The summed E-state index contributed by atoms with van der Waals surface area (Å²) in [4.78, 5) is 11.4. The highest BCUT2D eigenvalue weighted by Gasteiger charge is 2.20. The van der Waals surface area contributed by atoms with Gasteiger partial charge in [0.15, 0.2) is 0 Å². The maximum atomic E-state index is 11.4. The van der Waals surface area contributed by atoms with Gasteiger partial charge in [0.05, 0.1) is 17.7 Å². The van der Waals surface area contributed by atoms with Gasteiger partial charge in [0.2, 0.25) is 5.91 Å². The van der Waals surface area contributed by atoms with Crippen LogP contribution in [0.3, 0.4) is 0 Å². The van der Waals surface area contributed by atoms with Gasteiger partial charge in [0, 0.05) is 11.0 Å². The predicted octanol–water partition coefficient (Wildman–Crippen LogP) is 2.31. The highest BCUT2D eigenvalue weighted by atomic mass is 79.9. The smallest absolute Gasteiger partial charge is 0.234 e. The van der Waals surface area contributed by atoms with Crippen molar-refractivity contribution < 1.29 is 4.79 Å². The first-order valence-corrected chi connectivity index (χ1v) is 7.00. The maximum Gasteiger partial charge on any atom is 0.234 e. The molecule has 0 spiro atoms. The molecule has 1 amide bonds. The van der Waals surface area contributed by atoms with Crippen LogP contribution < -0.4 is 11.1 Å². The van der Waals surface area contributed by atoms with E-state index in [0.717, 1.165) is 16.5 Å². The third kappa shape index (κ3) is 4.34. The van der Waals surface area contributed by atoms with Crippen molar-refractivity contribution in [1.82, 2.24) is 5.32 Å². The lowest BCUT2D eigenvalue weighted by molar-refractivity contribution is -0.121. The Hall–Kier alpha value is -1.38. The number of nitrogens with zero attached hydrogens (tertiary/aromatic N) is 1. The number of hydrogen-bond donors (Lipinski definition) is 2. The quantitative estimate of drug-likeness (QED) is 0.843. The number of amides is 1. The van der Waals surface area contributed by atoms with E-state index in [1.807, 2.05) is 19.9 Å². The molecule has 1 rings (SSSR count). The van der Waals surface area contributed by atoms with E-state index in [1.54, 1.807) is 12.1 Å². The molecule has 0 aliphatic heterocycles. The minimum atomic E-state index is -0.340. The first-order chi connectivity index (χ1) is 8.99. The number of nitrogens with one attached hydrogen (secondary N) is 1. The molecule has 1 aromatic carbocycles. The van der Waals surface area contributed by atoms with E-state index in [-0.39, 0.29) is 17.9 Å². The van der Waals surface area contributed by atoms with Crippen molar-refractivity contribution in [2.75, 3.05) is 0 Å². The van der Waals surface area contributed by atoms with Crippen molar-refractivity contribution in [2.45, 2.75) is 32.9 Å². The van der Waals surface area contributed by atoms with Crippen LogP contribution in [0.15, 0.2) is 22.7 Å². The van der Waals surface area contributed by atoms with Crippen LogP contribution in [0.25, 0.3) is 0 Å². The summed E-state index contributed by atoms with van der Waals surface area (Å²) < 4.78 is 0.853. The zero-order valence-electron chi connectivity index (χ0n) is 11.1. The van der Waals surface area contributed by atoms with Crippen LogP contribution >= 0.6 is 15.9 Å². The van der Waals surface area contributed by atoms with Crippen molar-refractivity contribution in [2.24, 2.45) is 11.7 Å². The number of benzene rings is 1. The van der Waals surface area contributed by atoms with Crippen molar-refractivity contribution in [1.29, 1.82) is 5.26 Å². The lowest BCUT2D eigenvalue weighted by atomic mass is 9.98. The van der Waals surface area contributed by atoms with Crippen molar-refractivity contribution >= 4 is 21.8 Å². The van der Waals surface area contributed by atoms with Crippen LogP contribution in [0.5, 0.6) is 0 Å². The second kappa shape index (κ2) is 7.27. The second-order valence-electron chi connectivity index (χ2n) is 4.56. The van der Waals surface area contributed by atoms with Crippen LogP contribution in [-0.2, 0) is 11.3 Å². The topological polar surface area (TPSA) is 78.9 Å². The fraction of sp³-hybridized carbons (Fsp3) is 0.429. The molecule has 0 aliphatic rings. The van der Waals surface area contributed by atoms with Gasteiger partial charge in [0.1, 0.15) is 0 Å². The SMILES string of the molecule is CCC(C)C(NCc1ccc(C#N)cc1Br)C(N)=O. The summed E-state index contributed by atoms with van der Waals surface area (Å²) >= 11 is 3.42. The van der Waals surface area contributed by atoms with E-state index < -0.39 is 0 Å². The lowest BCUT2D eigenvalue weighted by Crippen LogP contribution is -2.45. The molecule has 0 aliphatic carbocycles. The Balaban J connectivity index is 2.75. The molecule has 3 N–H and O–H groups in total. The van der Waals surface area contributed by atoms with Crippen molar-refractivity contribution in [3.63, 3.8) is 0 Å². The molecule has 0 saturated carbocycles. The van der Waals surface area contributed by atoms with Crippen LogP contribution in [0.1, 0.15) is 31.4 Å². The monoisotopic (exact) mass is 323 g/mol. The molecule has 0 saturated heterocycles. The molecule has 0 aromatic heterocycles. The minimum absolute atomic E-state index is 0.189. The van der Waals surface area contributed by atoms with E-state index in [2.05, 4.69) is 27.3 Å². The zero-order chi connectivity index (χ0) is 14.4. The van der Waals surface area contributed by atoms with Gasteiger partial charge in [-0.25, -0.2) is 0 Å². The third-order valence-corrected chi connectivity index (χ3v) is 3.95. The number of hydrogen-bond acceptors (Lipinski definition) is 3. The van der Waals surface area contributed by atoms with Crippen molar-refractivity contribution in [3.8, 4) is 6.07 Å². The highest BCUT2D eigenvalue weighted by molar-refractivity contribution is 9.10. The molecular formula is C14H18BrN3O. The number of halogens is 1. The molecule has 2 atom stereocenters. The van der Waals surface area contributed by atoms with E-state index in [1.165, 1.54) is 0 Å². The summed E-state index contributed by atoms with van der Waals surface area (Å²) in [5.74, 6) is -0.145. The molecule has 0 heterocycles. The van der Waals surface area contributed by atoms with Crippen LogP contribution in [0.4, 0.5) is 0 Å². The second-order valence-corrected chi connectivity index (χ2v) is 5.42. The molecule has 0 fully saturated rings. The van der Waals surface area contributed by atoms with Gasteiger partial charge in [-0.2, -0.15) is 5.26 Å². The Bertz CT molecular complexity index is 496. The maximum absolute atomic E-state index is 11.4. The summed E-state index contributed by atoms with van der Waals surface area (Å²) in [5, 5.41) is 12.0. The molecular weight excluding hydrogens is 306 g/mol. The van der Waals surface area contributed by atoms with Gasteiger partial charge in [-0.05, 0) is 23.6 Å². The zero-order valence-corrected chi connectivity index (χ0v) is 12.7. The van der Waals surface area contributed by atoms with Gasteiger partial charge in [-0.3, -0.25) is 4.79 Å². The summed E-state index contributed by atoms with van der Waals surface area (Å²) in [6.07, 6.45) is 0.884. The Labute approximate surface area is 122 Å². The molecule has 4 nitrogen and oxygen atoms in total. The number of carbonyl (C=O) groups is 1. The van der Waals surface area contributed by atoms with Crippen LogP contribution in [0, 0.1) is 17.2 Å². The van der Waals surface area contributed by atoms with E-state index in [4.69, 9.17) is 11.0 Å². The first kappa shape index (κ1) is 15.7. The van der Waals surface area contributed by atoms with E-state index in [9.17, 15) is 4.79 Å². The Morgan fingerprint density at radius 1 is 1.58 bits per heavy atom. The average Bonchev–Trinajstić information content (AvgIpc) is 2.39. The predicted molar refractivity (Wildman–Crippen MR) is 78.1 cm³/mol. The number of primary amides is 1. The first-order valence-electron chi connectivity index (χ1n) is 6.20.